The van der Waals surface area contributed by atoms with Gasteiger partial charge in [-0.3, -0.25) is 0 Å². The lowest BCUT2D eigenvalue weighted by atomic mass is 9.86. The van der Waals surface area contributed by atoms with Gasteiger partial charge in [-0.2, -0.15) is 5.26 Å². The normalized spacial score (nSPS) is 17.7. The monoisotopic (exact) mass is 269 g/mol. The molecular formula is C14H23NO4. The fourth-order valence-corrected chi connectivity index (χ4v) is 2.07. The minimum Gasteiger partial charge on any atom is -0.456 e. The van der Waals surface area contributed by atoms with E-state index in [2.05, 4.69) is 0 Å². The number of carbonyl (C=O) groups is 1. The van der Waals surface area contributed by atoms with Gasteiger partial charge in [-0.15, -0.1) is 0 Å². The van der Waals surface area contributed by atoms with Crippen molar-refractivity contribution in [2.45, 2.75) is 58.0 Å². The highest BCUT2D eigenvalue weighted by molar-refractivity contribution is 5.88. The zero-order valence-corrected chi connectivity index (χ0v) is 11.7. The molecule has 0 radical (unpaired) electrons. The average molecular weight is 269 g/mol. The Morgan fingerprint density at radius 1 is 1.42 bits per heavy atom. The molecule has 108 valence electrons. The van der Waals surface area contributed by atoms with E-state index in [0.717, 1.165) is 31.9 Å². The van der Waals surface area contributed by atoms with Gasteiger partial charge in [0, 0.05) is 12.2 Å². The van der Waals surface area contributed by atoms with Crippen molar-refractivity contribution in [1.82, 2.24) is 0 Å². The zero-order chi connectivity index (χ0) is 14.7. The molecule has 0 aromatic carbocycles. The van der Waals surface area contributed by atoms with Crippen molar-refractivity contribution < 1.29 is 19.7 Å². The fourth-order valence-electron chi connectivity index (χ4n) is 2.07. The van der Waals surface area contributed by atoms with E-state index in [1.165, 1.54) is 6.42 Å². The minimum absolute atomic E-state index is 0.0713. The molecule has 0 aromatic heterocycles. The quantitative estimate of drug-likeness (QED) is 0.464. The Morgan fingerprint density at radius 2 is 1.95 bits per heavy atom. The fraction of sp³-hybridized carbons (Fsp3) is 0.714. The van der Waals surface area contributed by atoms with Gasteiger partial charge >= 0.3 is 5.97 Å². The Bertz CT molecular complexity index is 338. The van der Waals surface area contributed by atoms with Gasteiger partial charge in [0.15, 0.2) is 0 Å². The van der Waals surface area contributed by atoms with Crippen LogP contribution in [0.25, 0.3) is 0 Å². The van der Waals surface area contributed by atoms with Crippen molar-refractivity contribution in [1.29, 1.82) is 5.26 Å². The summed E-state index contributed by atoms with van der Waals surface area (Å²) < 4.78 is 5.55. The highest BCUT2D eigenvalue weighted by atomic mass is 16.6. The zero-order valence-electron chi connectivity index (χ0n) is 11.7. The molecule has 0 bridgehead atoms. The van der Waals surface area contributed by atoms with Crippen molar-refractivity contribution >= 4 is 5.97 Å². The van der Waals surface area contributed by atoms with E-state index in [4.69, 9.17) is 20.2 Å². The SMILES string of the molecule is CC(=CCCO)C(=O)OC1(C)CCCCC1.N#CO. The Balaban J connectivity index is 0.000000982. The van der Waals surface area contributed by atoms with Gasteiger partial charge in [0.05, 0.1) is 0 Å². The molecule has 0 aromatic rings. The van der Waals surface area contributed by atoms with Crippen LogP contribution in [0.2, 0.25) is 0 Å². The van der Waals surface area contributed by atoms with E-state index in [1.54, 1.807) is 13.0 Å². The topological polar surface area (TPSA) is 90.5 Å². The number of nitrogens with zero attached hydrogens (tertiary/aromatic N) is 1. The van der Waals surface area contributed by atoms with Gasteiger partial charge in [0.2, 0.25) is 0 Å². The third-order valence-electron chi connectivity index (χ3n) is 3.15. The van der Waals surface area contributed by atoms with Gasteiger partial charge in [0.1, 0.15) is 5.60 Å². The summed E-state index contributed by atoms with van der Waals surface area (Å²) in [5, 5.41) is 22.4. The molecule has 0 unspecified atom stereocenters. The summed E-state index contributed by atoms with van der Waals surface area (Å²) in [5.41, 5.74) is 0.324. The second-order valence-corrected chi connectivity index (χ2v) is 4.90. The Hall–Kier alpha value is -1.54. The molecule has 5 heteroatoms. The highest BCUT2D eigenvalue weighted by Crippen LogP contribution is 2.31. The third-order valence-corrected chi connectivity index (χ3v) is 3.15. The van der Waals surface area contributed by atoms with E-state index in [0.29, 0.717) is 12.0 Å². The van der Waals surface area contributed by atoms with Crippen LogP contribution in [-0.2, 0) is 9.53 Å². The molecule has 1 fully saturated rings. The van der Waals surface area contributed by atoms with E-state index >= 15 is 0 Å². The summed E-state index contributed by atoms with van der Waals surface area (Å²) in [4.78, 5) is 11.8. The van der Waals surface area contributed by atoms with Crippen molar-refractivity contribution in [3.8, 4) is 6.26 Å². The van der Waals surface area contributed by atoms with E-state index in [1.807, 2.05) is 6.92 Å². The van der Waals surface area contributed by atoms with Crippen LogP contribution in [0.4, 0.5) is 0 Å². The molecule has 1 aliphatic carbocycles. The number of carbonyl (C=O) groups excluding carboxylic acids is 1. The number of rotatable bonds is 4. The molecule has 1 rings (SSSR count). The van der Waals surface area contributed by atoms with Crippen LogP contribution in [0.5, 0.6) is 0 Å². The second-order valence-electron chi connectivity index (χ2n) is 4.90. The molecule has 0 heterocycles. The lowest BCUT2D eigenvalue weighted by Crippen LogP contribution is -2.34. The summed E-state index contributed by atoms with van der Waals surface area (Å²) in [6.45, 7) is 3.83. The molecule has 2 N–H and O–H groups in total. The molecule has 0 atom stereocenters. The van der Waals surface area contributed by atoms with Gasteiger partial charge in [-0.05, 0) is 46.0 Å². The minimum atomic E-state index is -0.274. The summed E-state index contributed by atoms with van der Waals surface area (Å²) >= 11 is 0. The smallest absolute Gasteiger partial charge is 0.333 e. The second kappa shape index (κ2) is 9.40. The van der Waals surface area contributed by atoms with Crippen LogP contribution in [-0.4, -0.2) is 28.4 Å². The number of hydrogen-bond donors (Lipinski definition) is 2. The number of ether oxygens (including phenoxy) is 1. The molecule has 0 amide bonds. The number of nitriles is 1. The predicted octanol–water partition coefficient (Wildman–Crippen LogP) is 2.42. The van der Waals surface area contributed by atoms with Crippen molar-refractivity contribution in [2.75, 3.05) is 6.61 Å². The van der Waals surface area contributed by atoms with Crippen LogP contribution in [0.15, 0.2) is 11.6 Å². The first-order valence-electron chi connectivity index (χ1n) is 6.53. The summed E-state index contributed by atoms with van der Waals surface area (Å²) in [6.07, 6.45) is 8.45. The first-order valence-corrected chi connectivity index (χ1v) is 6.53. The van der Waals surface area contributed by atoms with Gasteiger partial charge in [0.25, 0.3) is 6.26 Å². The lowest BCUT2D eigenvalue weighted by molar-refractivity contribution is -0.156. The lowest BCUT2D eigenvalue weighted by Gasteiger charge is -2.33. The molecule has 0 saturated heterocycles. The summed E-state index contributed by atoms with van der Waals surface area (Å²) in [6, 6.07) is 0. The molecule has 0 aliphatic heterocycles. The molecule has 1 aliphatic rings. The largest absolute Gasteiger partial charge is 0.456 e. The van der Waals surface area contributed by atoms with Crippen molar-refractivity contribution in [2.24, 2.45) is 0 Å². The van der Waals surface area contributed by atoms with Crippen LogP contribution in [0, 0.1) is 11.5 Å². The molecular weight excluding hydrogens is 246 g/mol. The Labute approximate surface area is 114 Å². The highest BCUT2D eigenvalue weighted by Gasteiger charge is 2.30. The number of hydrogen-bond acceptors (Lipinski definition) is 5. The molecule has 19 heavy (non-hydrogen) atoms. The van der Waals surface area contributed by atoms with E-state index in [9.17, 15) is 4.79 Å². The molecule has 0 spiro atoms. The third kappa shape index (κ3) is 7.47. The van der Waals surface area contributed by atoms with E-state index < -0.39 is 0 Å². The number of aliphatic hydroxyl groups is 2. The maximum Gasteiger partial charge on any atom is 0.333 e. The first kappa shape index (κ1) is 17.5. The summed E-state index contributed by atoms with van der Waals surface area (Å²) in [5.74, 6) is -0.238. The maximum absolute atomic E-state index is 11.8. The maximum atomic E-state index is 11.8. The number of esters is 1. The molecule has 5 nitrogen and oxygen atoms in total. The Morgan fingerprint density at radius 3 is 2.42 bits per heavy atom. The average Bonchev–Trinajstić information content (AvgIpc) is 2.37. The van der Waals surface area contributed by atoms with E-state index in [-0.39, 0.29) is 18.2 Å². The van der Waals surface area contributed by atoms with Crippen LogP contribution in [0.1, 0.15) is 52.4 Å². The van der Waals surface area contributed by atoms with Crippen LogP contribution < -0.4 is 0 Å². The van der Waals surface area contributed by atoms with Gasteiger partial charge < -0.3 is 14.9 Å². The summed E-state index contributed by atoms with van der Waals surface area (Å²) in [7, 11) is 0. The van der Waals surface area contributed by atoms with Gasteiger partial charge in [-0.1, -0.05) is 12.5 Å². The van der Waals surface area contributed by atoms with Gasteiger partial charge in [-0.25, -0.2) is 4.79 Å². The first-order chi connectivity index (χ1) is 8.99. The standard InChI is InChI=1S/C13H22O3.CHNO/c1-11(7-6-10-14)12(15)16-13(2)8-4-3-5-9-13;2-1-3/h7,14H,3-6,8-10H2,1-2H3;3H. The van der Waals surface area contributed by atoms with Crippen LogP contribution >= 0.6 is 0 Å². The Kier molecular flexibility index (Phi) is 8.64. The van der Waals surface area contributed by atoms with Crippen molar-refractivity contribution in [3.63, 3.8) is 0 Å². The van der Waals surface area contributed by atoms with Crippen molar-refractivity contribution in [3.05, 3.63) is 11.6 Å². The molecule has 1 saturated carbocycles. The van der Waals surface area contributed by atoms with Crippen LogP contribution in [0.3, 0.4) is 0 Å². The predicted molar refractivity (Wildman–Crippen MR) is 70.6 cm³/mol. The number of aliphatic hydroxyl groups excluding tert-OH is 2.